The fourth-order valence-electron chi connectivity index (χ4n) is 2.16. The predicted molar refractivity (Wildman–Crippen MR) is 71.3 cm³/mol. The molecule has 2 heteroatoms. The lowest BCUT2D eigenvalue weighted by molar-refractivity contribution is -0.0368. The second-order valence-corrected chi connectivity index (χ2v) is 5.13. The number of aryl methyl sites for hydroxylation is 2. The van der Waals surface area contributed by atoms with Crippen LogP contribution < -0.4 is 0 Å². The predicted octanol–water partition coefficient (Wildman–Crippen LogP) is 2.88. The molecule has 0 bridgehead atoms. The minimum absolute atomic E-state index is 0.100. The van der Waals surface area contributed by atoms with Gasteiger partial charge >= 0.3 is 0 Å². The first-order valence-electron chi connectivity index (χ1n) is 6.22. The Labute approximate surface area is 105 Å². The molecule has 1 rings (SSSR count). The van der Waals surface area contributed by atoms with Crippen LogP contribution in [-0.4, -0.2) is 24.4 Å². The third-order valence-electron chi connectivity index (χ3n) is 3.32. The summed E-state index contributed by atoms with van der Waals surface area (Å²) < 4.78 is 5.35. The molecule has 2 unspecified atom stereocenters. The van der Waals surface area contributed by atoms with Crippen LogP contribution in [0.25, 0.3) is 0 Å². The summed E-state index contributed by atoms with van der Waals surface area (Å²) >= 11 is 0. The van der Waals surface area contributed by atoms with E-state index in [1.165, 1.54) is 16.7 Å². The van der Waals surface area contributed by atoms with Gasteiger partial charge in [0.2, 0.25) is 0 Å². The summed E-state index contributed by atoms with van der Waals surface area (Å²) in [5, 5.41) is 10.2. The number of aliphatic hydroxyl groups is 1. The first-order valence-corrected chi connectivity index (χ1v) is 6.22. The molecular formula is C15H24O2. The van der Waals surface area contributed by atoms with Crippen LogP contribution in [0.2, 0.25) is 0 Å². The van der Waals surface area contributed by atoms with Crippen molar-refractivity contribution in [2.24, 2.45) is 5.92 Å². The average Bonchev–Trinajstić information content (AvgIpc) is 2.24. The van der Waals surface area contributed by atoms with Gasteiger partial charge in [-0.2, -0.15) is 0 Å². The summed E-state index contributed by atoms with van der Waals surface area (Å²) in [7, 11) is 1.66. The van der Waals surface area contributed by atoms with Gasteiger partial charge in [-0.15, -0.1) is 0 Å². The number of aliphatic hydroxyl groups excluding tert-OH is 1. The van der Waals surface area contributed by atoms with Gasteiger partial charge in [-0.3, -0.25) is 0 Å². The van der Waals surface area contributed by atoms with E-state index in [1.807, 2.05) is 0 Å². The smallest absolute Gasteiger partial charge is 0.0856 e. The van der Waals surface area contributed by atoms with E-state index in [4.69, 9.17) is 4.74 Å². The molecule has 1 aromatic rings. The molecule has 0 aliphatic rings. The highest BCUT2D eigenvalue weighted by Crippen LogP contribution is 2.17. The quantitative estimate of drug-likeness (QED) is 0.852. The highest BCUT2D eigenvalue weighted by molar-refractivity contribution is 5.30. The number of methoxy groups -OCH3 is 1. The van der Waals surface area contributed by atoms with Crippen molar-refractivity contribution in [3.63, 3.8) is 0 Å². The zero-order valence-electron chi connectivity index (χ0n) is 11.5. The molecule has 0 amide bonds. The summed E-state index contributed by atoms with van der Waals surface area (Å²) in [4.78, 5) is 0. The number of hydrogen-bond acceptors (Lipinski definition) is 2. The van der Waals surface area contributed by atoms with Gasteiger partial charge in [-0.1, -0.05) is 32.0 Å². The van der Waals surface area contributed by atoms with Gasteiger partial charge in [-0.25, -0.2) is 0 Å². The third-order valence-corrected chi connectivity index (χ3v) is 3.32. The van der Waals surface area contributed by atoms with Crippen LogP contribution >= 0.6 is 0 Å². The maximum atomic E-state index is 10.2. The summed E-state index contributed by atoms with van der Waals surface area (Å²) in [5.74, 6) is 0.321. The van der Waals surface area contributed by atoms with Crippen molar-refractivity contribution in [1.29, 1.82) is 0 Å². The fourth-order valence-corrected chi connectivity index (χ4v) is 2.16. The maximum absolute atomic E-state index is 10.2. The lowest BCUT2D eigenvalue weighted by atomic mass is 9.95. The summed E-state index contributed by atoms with van der Waals surface area (Å²) in [6.07, 6.45) is 0.108. The van der Waals surface area contributed by atoms with Gasteiger partial charge in [0.05, 0.1) is 12.2 Å². The van der Waals surface area contributed by atoms with Gasteiger partial charge in [-0.05, 0) is 36.5 Å². The van der Waals surface area contributed by atoms with E-state index in [9.17, 15) is 5.11 Å². The Morgan fingerprint density at radius 3 is 2.29 bits per heavy atom. The van der Waals surface area contributed by atoms with Crippen molar-refractivity contribution in [3.05, 3.63) is 34.9 Å². The van der Waals surface area contributed by atoms with Crippen molar-refractivity contribution in [2.45, 2.75) is 46.3 Å². The first-order chi connectivity index (χ1) is 7.95. The monoisotopic (exact) mass is 236 g/mol. The molecule has 0 fully saturated rings. The molecule has 17 heavy (non-hydrogen) atoms. The number of benzene rings is 1. The Bertz CT molecular complexity index is 358. The third kappa shape index (κ3) is 3.83. The molecule has 96 valence electrons. The number of rotatable bonds is 5. The first kappa shape index (κ1) is 14.2. The Morgan fingerprint density at radius 1 is 1.18 bits per heavy atom. The normalized spacial score (nSPS) is 15.0. The van der Waals surface area contributed by atoms with E-state index >= 15 is 0 Å². The molecule has 0 aliphatic carbocycles. The van der Waals surface area contributed by atoms with Gasteiger partial charge in [0, 0.05) is 13.5 Å². The largest absolute Gasteiger partial charge is 0.390 e. The van der Waals surface area contributed by atoms with E-state index in [-0.39, 0.29) is 6.10 Å². The molecule has 1 aromatic carbocycles. The Balaban J connectivity index is 2.73. The molecule has 0 aromatic heterocycles. The van der Waals surface area contributed by atoms with Gasteiger partial charge in [0.15, 0.2) is 0 Å². The van der Waals surface area contributed by atoms with Gasteiger partial charge < -0.3 is 9.84 Å². The van der Waals surface area contributed by atoms with Gasteiger partial charge in [0.25, 0.3) is 0 Å². The molecule has 1 N–H and O–H groups in total. The molecule has 0 saturated heterocycles. The van der Waals surface area contributed by atoms with E-state index in [2.05, 4.69) is 45.9 Å². The highest BCUT2D eigenvalue weighted by Gasteiger charge is 2.22. The highest BCUT2D eigenvalue weighted by atomic mass is 16.5. The number of hydrogen-bond donors (Lipinski definition) is 1. The second kappa shape index (κ2) is 6.18. The lowest BCUT2D eigenvalue weighted by Gasteiger charge is -2.25. The molecule has 2 atom stereocenters. The van der Waals surface area contributed by atoms with Crippen LogP contribution in [0.3, 0.4) is 0 Å². The van der Waals surface area contributed by atoms with Crippen LogP contribution in [0.1, 0.15) is 30.5 Å². The van der Waals surface area contributed by atoms with E-state index < -0.39 is 6.10 Å². The second-order valence-electron chi connectivity index (χ2n) is 5.13. The Kier molecular flexibility index (Phi) is 5.16. The summed E-state index contributed by atoms with van der Waals surface area (Å²) in [6, 6.07) is 6.33. The Hall–Kier alpha value is -0.860. The van der Waals surface area contributed by atoms with Gasteiger partial charge in [0.1, 0.15) is 0 Å². The lowest BCUT2D eigenvalue weighted by Crippen LogP contribution is -2.34. The molecule has 0 radical (unpaired) electrons. The topological polar surface area (TPSA) is 29.5 Å². The van der Waals surface area contributed by atoms with Crippen molar-refractivity contribution >= 4 is 0 Å². The summed E-state index contributed by atoms with van der Waals surface area (Å²) in [6.45, 7) is 8.33. The van der Waals surface area contributed by atoms with E-state index in [1.54, 1.807) is 7.11 Å². The van der Waals surface area contributed by atoms with Crippen molar-refractivity contribution in [2.75, 3.05) is 7.11 Å². The minimum atomic E-state index is -0.442. The standard InChI is InChI=1S/C15H24O2/c1-10(2)15(17-5)14(16)9-13-7-6-11(3)12(4)8-13/h6-8,10,14-16H,9H2,1-5H3. The fraction of sp³-hybridized carbons (Fsp3) is 0.600. The summed E-state index contributed by atoms with van der Waals surface area (Å²) in [5.41, 5.74) is 3.73. The van der Waals surface area contributed by atoms with Crippen LogP contribution in [0.5, 0.6) is 0 Å². The van der Waals surface area contributed by atoms with E-state index in [0.717, 1.165) is 0 Å². The molecule has 2 nitrogen and oxygen atoms in total. The Morgan fingerprint density at radius 2 is 1.82 bits per heavy atom. The van der Waals surface area contributed by atoms with Crippen LogP contribution in [0.4, 0.5) is 0 Å². The SMILES string of the molecule is COC(C(C)C)C(O)Cc1ccc(C)c(C)c1. The van der Waals surface area contributed by atoms with Crippen LogP contribution in [-0.2, 0) is 11.2 Å². The molecule has 0 aliphatic heterocycles. The molecule has 0 saturated carbocycles. The molecule has 0 spiro atoms. The number of ether oxygens (including phenoxy) is 1. The van der Waals surface area contributed by atoms with Crippen LogP contribution in [0, 0.1) is 19.8 Å². The van der Waals surface area contributed by atoms with E-state index in [0.29, 0.717) is 12.3 Å². The molecular weight excluding hydrogens is 212 g/mol. The maximum Gasteiger partial charge on any atom is 0.0856 e. The van der Waals surface area contributed by atoms with Crippen LogP contribution in [0.15, 0.2) is 18.2 Å². The van der Waals surface area contributed by atoms with Crippen molar-refractivity contribution in [3.8, 4) is 0 Å². The van der Waals surface area contributed by atoms with Crippen molar-refractivity contribution in [1.82, 2.24) is 0 Å². The molecule has 0 heterocycles. The zero-order valence-corrected chi connectivity index (χ0v) is 11.5. The van der Waals surface area contributed by atoms with Crippen molar-refractivity contribution < 1.29 is 9.84 Å². The average molecular weight is 236 g/mol. The minimum Gasteiger partial charge on any atom is -0.390 e. The zero-order chi connectivity index (χ0) is 13.0.